The van der Waals surface area contributed by atoms with Crippen molar-refractivity contribution in [2.75, 3.05) is 76.6 Å². The molecule has 20 rings (SSSR count). The zero-order chi connectivity index (χ0) is 100. The highest BCUT2D eigenvalue weighted by Crippen LogP contribution is 2.68. The molecule has 0 aromatic carbocycles. The van der Waals surface area contributed by atoms with Gasteiger partial charge in [0.15, 0.2) is 0 Å². The monoisotopic (exact) mass is 1910 g/mol. The summed E-state index contributed by atoms with van der Waals surface area (Å²) in [7, 11) is 14.2. The van der Waals surface area contributed by atoms with Crippen molar-refractivity contribution in [1.29, 1.82) is 0 Å². The molecule has 764 valence electrons. The van der Waals surface area contributed by atoms with Gasteiger partial charge in [-0.1, -0.05) is 41.0 Å². The molecule has 6 N–H and O–H groups in total. The first-order chi connectivity index (χ1) is 62.6. The summed E-state index contributed by atoms with van der Waals surface area (Å²) in [6, 6.07) is 0. The largest absolute Gasteiger partial charge is 0.459 e. The lowest BCUT2D eigenvalue weighted by atomic mass is 9.50. The molecule has 3 aliphatic heterocycles. The molecule has 135 heavy (non-hydrogen) atoms. The lowest BCUT2D eigenvalue weighted by molar-refractivity contribution is -0.265. The Bertz CT molecular complexity index is 4260. The van der Waals surface area contributed by atoms with Gasteiger partial charge in [0.25, 0.3) is 0 Å². The molecule has 18 bridgehead atoms. The van der Waals surface area contributed by atoms with Crippen LogP contribution in [0.1, 0.15) is 329 Å². The summed E-state index contributed by atoms with van der Waals surface area (Å²) in [4.78, 5) is 164. The van der Waals surface area contributed by atoms with Crippen LogP contribution in [0.2, 0.25) is 0 Å². The van der Waals surface area contributed by atoms with E-state index in [2.05, 4.69) is 15.4 Å². The standard InChI is InChI=1S/C22H36N2O6.C21H33NO4.C20H32N2O6.C18H28N2O6.C15H24O3.C4H9NO2/c1-8-19(2,3)16(25)28-20-9-15-10-21(12-20,29-17(26)23(4)5)14-22(11-15,13-20)30-18(27)24(6)7;1-4-19(2,3)17(23)25-20-10-15-9-16(11-20)13-21(12-15,14-20)26-18(24)22-7-5-6-8-22;1-6-17(2,3)14(23)26-18-7-13-8-19(10-18,27-15(24)21-4)12-20(9-13,11-18)28-16(25)22-5;1-4-15(2,3)12(21)24-16-5-11-6-17(8-16,25-13(19)22)10-18(7-11,9-16)26-14(20)23;1-4-15(2,3)14(16)18-12-8-11-9-6-5-7-10(9)13(12)17-11;1-5(2)4(6)7-3/h15H,8-14H2,1-7H3;15-16H,4-14H2,1-3H3;13H,6-12H2,1-5H3,(H,21,24)(H,22,25);11H,4-10H2,1-3H3,(H2,19,22)(H2,20,23);9-13H,4-8H2,1-3H3;1-3H3. The van der Waals surface area contributed by atoms with Crippen molar-refractivity contribution < 1.29 is 129 Å². The smallest absolute Gasteiger partial charge is 0.410 e. The first-order valence-electron chi connectivity index (χ1n) is 49.8. The number of likely N-dealkylation sites (tertiary alicyclic amines) is 1. The number of nitrogens with one attached hydrogen (secondary N) is 2. The number of carbonyl (C=O) groups is 13. The third-order valence-corrected chi connectivity index (χ3v) is 33.3. The summed E-state index contributed by atoms with van der Waals surface area (Å²) in [5.74, 6) is 1.89. The first kappa shape index (κ1) is 107. The Kier molecular flexibility index (Phi) is 31.4. The van der Waals surface area contributed by atoms with Crippen molar-refractivity contribution in [2.45, 2.75) is 409 Å². The van der Waals surface area contributed by atoms with E-state index in [-0.39, 0.29) is 77.4 Å². The molecule has 8 amide bonds. The normalized spacial score (nSPS) is 35.8. The molecule has 20 fully saturated rings. The Morgan fingerprint density at radius 1 is 0.348 bits per heavy atom. The quantitative estimate of drug-likeness (QED) is 0.0577. The van der Waals surface area contributed by atoms with Crippen LogP contribution in [0.4, 0.5) is 38.4 Å². The third-order valence-electron chi connectivity index (χ3n) is 33.3. The van der Waals surface area contributed by atoms with Gasteiger partial charge in [-0.2, -0.15) is 0 Å². The number of hydrogen-bond acceptors (Lipinski definition) is 27. The van der Waals surface area contributed by atoms with Gasteiger partial charge >= 0.3 is 78.6 Å². The molecule has 17 saturated carbocycles. The number of alkyl carbamates (subject to hydrolysis) is 2. The topological polar surface area (TPSA) is 440 Å². The van der Waals surface area contributed by atoms with Crippen LogP contribution in [0.5, 0.6) is 0 Å². The zero-order valence-electron chi connectivity index (χ0n) is 85.4. The number of hydrogen-bond donors (Lipinski definition) is 4. The van der Waals surface area contributed by atoms with Crippen LogP contribution in [0.15, 0.2) is 0 Å². The van der Waals surface area contributed by atoms with E-state index in [1.807, 2.05) is 109 Å². The second kappa shape index (κ2) is 39.6. The molecule has 13 unspecified atom stereocenters. The van der Waals surface area contributed by atoms with Crippen LogP contribution < -0.4 is 22.1 Å². The van der Waals surface area contributed by atoms with Gasteiger partial charge in [0, 0.05) is 140 Å². The highest BCUT2D eigenvalue weighted by atomic mass is 16.6. The molecule has 20 aliphatic rings. The number of esters is 5. The van der Waals surface area contributed by atoms with Crippen LogP contribution in [-0.4, -0.2) is 255 Å². The number of nitrogens with two attached hydrogens (primary N) is 2. The Hall–Kier alpha value is -8.53. The SMILES string of the molecule is CCC(C)(C)C(=O)OC12CC3CC(CC(OC(=O)N4CCCC4)(C3)C1)C2.CCC(C)(C)C(=O)OC12CC3CC(OC(=O)N(C)C)(CC(OC(=O)N(C)C)(C3)C1)C2.CCC(C)(C)C(=O)OC12CC3CC(OC(=O)NC)(CC(OC(=O)NC)(C3)C1)C2.CCC(C)(C)C(=O)OC12CC3CC(OC(N)=O)(CC(OC(N)=O)(C3)C1)C2.CCC(C)(C)C(=O)OC1CC2OC1C1CCCC21.COC(=O)N(C)C. The van der Waals surface area contributed by atoms with Gasteiger partial charge in [-0.3, -0.25) is 24.0 Å². The van der Waals surface area contributed by atoms with E-state index in [9.17, 15) is 62.3 Å². The number of nitrogens with zero attached hydrogens (tertiary/aromatic N) is 4. The Morgan fingerprint density at radius 3 is 0.919 bits per heavy atom. The van der Waals surface area contributed by atoms with Gasteiger partial charge in [0.05, 0.1) is 46.4 Å². The summed E-state index contributed by atoms with van der Waals surface area (Å²) in [5.41, 5.74) is -0.312. The van der Waals surface area contributed by atoms with Crippen molar-refractivity contribution in [3.05, 3.63) is 0 Å². The number of carbonyl (C=O) groups excluding carboxylic acids is 13. The molecule has 35 heteroatoms. The van der Waals surface area contributed by atoms with Gasteiger partial charge in [-0.05, 0) is 258 Å². The first-order valence-corrected chi connectivity index (χ1v) is 49.8. The fraction of sp³-hybridized carbons (Fsp3) is 0.870. The van der Waals surface area contributed by atoms with Crippen molar-refractivity contribution >= 4 is 78.6 Å². The molecular formula is C100H162N8O27. The van der Waals surface area contributed by atoms with Gasteiger partial charge in [0.2, 0.25) is 0 Å². The van der Waals surface area contributed by atoms with Crippen LogP contribution in [0, 0.1) is 68.5 Å². The van der Waals surface area contributed by atoms with Crippen molar-refractivity contribution in [3.63, 3.8) is 0 Å². The molecule has 0 aromatic rings. The number of methoxy groups -OCH3 is 1. The van der Waals surface area contributed by atoms with E-state index in [0.29, 0.717) is 165 Å². The second-order valence-corrected chi connectivity index (χ2v) is 47.4. The van der Waals surface area contributed by atoms with Crippen molar-refractivity contribution in [3.8, 4) is 0 Å². The molecule has 17 aliphatic carbocycles. The van der Waals surface area contributed by atoms with E-state index in [1.54, 1.807) is 42.3 Å². The maximum absolute atomic E-state index is 13.0. The maximum atomic E-state index is 13.0. The average molecular weight is 1910 g/mol. The van der Waals surface area contributed by atoms with E-state index in [0.717, 1.165) is 76.8 Å². The number of primary amides is 2. The predicted octanol–water partition coefficient (Wildman–Crippen LogP) is 16.4. The molecule has 0 radical (unpaired) electrons. The lowest BCUT2D eigenvalue weighted by Gasteiger charge is -2.64. The number of rotatable bonds is 22. The Labute approximate surface area is 798 Å². The van der Waals surface area contributed by atoms with E-state index < -0.39 is 120 Å². The molecule has 13 atom stereocenters. The van der Waals surface area contributed by atoms with E-state index in [1.165, 1.54) is 61.6 Å². The molecule has 35 nitrogen and oxygen atoms in total. The molecule has 3 heterocycles. The second-order valence-electron chi connectivity index (χ2n) is 47.4. The van der Waals surface area contributed by atoms with Gasteiger partial charge < -0.3 is 108 Å². The van der Waals surface area contributed by atoms with Gasteiger partial charge in [-0.25, -0.2) is 38.4 Å². The van der Waals surface area contributed by atoms with Crippen LogP contribution in [0.3, 0.4) is 0 Å². The highest BCUT2D eigenvalue weighted by Gasteiger charge is 2.73. The fourth-order valence-corrected chi connectivity index (χ4v) is 26.4. The minimum atomic E-state index is -0.892. The average Bonchev–Trinajstić information content (AvgIpc) is 0.988. The summed E-state index contributed by atoms with van der Waals surface area (Å²) in [5, 5.41) is 5.00. The van der Waals surface area contributed by atoms with Crippen LogP contribution in [0.25, 0.3) is 0 Å². The van der Waals surface area contributed by atoms with Crippen molar-refractivity contribution in [2.24, 2.45) is 80.0 Å². The Morgan fingerprint density at radius 2 is 0.622 bits per heavy atom. The lowest BCUT2D eigenvalue weighted by Crippen LogP contribution is -2.69. The van der Waals surface area contributed by atoms with Gasteiger partial charge in [0.1, 0.15) is 67.7 Å². The Balaban J connectivity index is 0.000000160. The molecule has 0 spiro atoms. The summed E-state index contributed by atoms with van der Waals surface area (Å²) in [6.45, 7) is 30.5. The maximum Gasteiger partial charge on any atom is 0.410 e. The molecular weight excluding hydrogens is 1750 g/mol. The zero-order valence-corrected chi connectivity index (χ0v) is 85.4. The minimum Gasteiger partial charge on any atom is -0.459 e. The van der Waals surface area contributed by atoms with E-state index >= 15 is 0 Å². The van der Waals surface area contributed by atoms with Crippen LogP contribution >= 0.6 is 0 Å². The highest BCUT2D eigenvalue weighted by molar-refractivity contribution is 5.80. The number of ether oxygens (including phenoxy) is 14. The molecule has 0 aromatic heterocycles. The summed E-state index contributed by atoms with van der Waals surface area (Å²) in [6.07, 6.45) is 22.4. The van der Waals surface area contributed by atoms with E-state index in [4.69, 9.17) is 73.0 Å². The van der Waals surface area contributed by atoms with Crippen molar-refractivity contribution in [1.82, 2.24) is 30.2 Å². The minimum absolute atomic E-state index is 0.0210. The van der Waals surface area contributed by atoms with Crippen LogP contribution in [-0.2, 0) is 90.3 Å². The third kappa shape index (κ3) is 23.8. The fourth-order valence-electron chi connectivity index (χ4n) is 26.4. The summed E-state index contributed by atoms with van der Waals surface area (Å²) >= 11 is 0. The number of fused-ring (bicyclic) bond motifs is 5. The molecule has 3 saturated heterocycles. The summed E-state index contributed by atoms with van der Waals surface area (Å²) < 4.78 is 81.3. The van der Waals surface area contributed by atoms with Gasteiger partial charge in [-0.15, -0.1) is 0 Å². The predicted molar refractivity (Wildman–Crippen MR) is 493 cm³/mol. The number of amides is 8.